The summed E-state index contributed by atoms with van der Waals surface area (Å²) in [6, 6.07) is 7.11. The number of hydrogen-bond donors (Lipinski definition) is 1. The van der Waals surface area contributed by atoms with Crippen LogP contribution in [0, 0.1) is 6.92 Å². The Bertz CT molecular complexity index is 383. The van der Waals surface area contributed by atoms with Crippen LogP contribution in [0.2, 0.25) is 0 Å². The van der Waals surface area contributed by atoms with Gasteiger partial charge in [-0.2, -0.15) is 0 Å². The molecule has 2 unspecified atom stereocenters. The van der Waals surface area contributed by atoms with Gasteiger partial charge in [0.2, 0.25) is 0 Å². The normalized spacial score (nSPS) is 24.4. The Morgan fingerprint density at radius 1 is 1.50 bits per heavy atom. The highest BCUT2D eigenvalue weighted by Gasteiger charge is 2.27. The number of pyridine rings is 1. The number of ether oxygens (including phenoxy) is 1. The van der Waals surface area contributed by atoms with Gasteiger partial charge in [-0.1, -0.05) is 6.07 Å². The molecule has 0 radical (unpaired) electrons. The standard InChI is InChI=1S/C14H23N3O/c1-11-5-4-6-12(16-11)9-17(3)14-10-18-8-7-13(14)15-2/h4-6,13-15H,7-10H2,1-3H3. The fraction of sp³-hybridized carbons (Fsp3) is 0.643. The van der Waals surface area contributed by atoms with Gasteiger partial charge >= 0.3 is 0 Å². The van der Waals surface area contributed by atoms with Crippen LogP contribution in [-0.2, 0) is 11.3 Å². The summed E-state index contributed by atoms with van der Waals surface area (Å²) in [6.45, 7) is 4.56. The van der Waals surface area contributed by atoms with E-state index in [1.807, 2.05) is 20.0 Å². The van der Waals surface area contributed by atoms with Gasteiger partial charge in [-0.3, -0.25) is 9.88 Å². The van der Waals surface area contributed by atoms with Crippen LogP contribution in [0.5, 0.6) is 0 Å². The van der Waals surface area contributed by atoms with Crippen LogP contribution in [0.3, 0.4) is 0 Å². The van der Waals surface area contributed by atoms with E-state index in [4.69, 9.17) is 4.74 Å². The Balaban J connectivity index is 1.99. The van der Waals surface area contributed by atoms with Gasteiger partial charge < -0.3 is 10.1 Å². The van der Waals surface area contributed by atoms with Crippen LogP contribution in [0.1, 0.15) is 17.8 Å². The summed E-state index contributed by atoms with van der Waals surface area (Å²) < 4.78 is 5.59. The van der Waals surface area contributed by atoms with Gasteiger partial charge in [0.15, 0.2) is 0 Å². The van der Waals surface area contributed by atoms with E-state index >= 15 is 0 Å². The zero-order valence-electron chi connectivity index (χ0n) is 11.5. The summed E-state index contributed by atoms with van der Waals surface area (Å²) in [7, 11) is 4.18. The highest BCUT2D eigenvalue weighted by atomic mass is 16.5. The van der Waals surface area contributed by atoms with E-state index in [-0.39, 0.29) is 0 Å². The molecule has 1 fully saturated rings. The average Bonchev–Trinajstić information content (AvgIpc) is 2.38. The minimum atomic E-state index is 0.422. The zero-order chi connectivity index (χ0) is 13.0. The molecule has 1 aromatic rings. The van der Waals surface area contributed by atoms with Crippen molar-refractivity contribution in [3.8, 4) is 0 Å². The Morgan fingerprint density at radius 3 is 3.06 bits per heavy atom. The second-order valence-electron chi connectivity index (χ2n) is 5.01. The van der Waals surface area contributed by atoms with Crippen LogP contribution >= 0.6 is 0 Å². The lowest BCUT2D eigenvalue weighted by Gasteiger charge is -2.37. The van der Waals surface area contributed by atoms with E-state index in [0.29, 0.717) is 12.1 Å². The minimum Gasteiger partial charge on any atom is -0.380 e. The maximum absolute atomic E-state index is 5.59. The lowest BCUT2D eigenvalue weighted by atomic mass is 10.0. The molecule has 1 saturated heterocycles. The molecule has 0 saturated carbocycles. The highest BCUT2D eigenvalue weighted by molar-refractivity contribution is 5.10. The minimum absolute atomic E-state index is 0.422. The molecule has 4 nitrogen and oxygen atoms in total. The first-order valence-electron chi connectivity index (χ1n) is 6.58. The molecule has 0 aromatic carbocycles. The van der Waals surface area contributed by atoms with E-state index in [9.17, 15) is 0 Å². The summed E-state index contributed by atoms with van der Waals surface area (Å²) >= 11 is 0. The van der Waals surface area contributed by atoms with Crippen molar-refractivity contribution in [2.45, 2.75) is 32.0 Å². The first-order valence-corrected chi connectivity index (χ1v) is 6.58. The lowest BCUT2D eigenvalue weighted by molar-refractivity contribution is 0.00487. The number of nitrogens with zero attached hydrogens (tertiary/aromatic N) is 2. The van der Waals surface area contributed by atoms with Crippen molar-refractivity contribution in [1.82, 2.24) is 15.2 Å². The number of nitrogens with one attached hydrogen (secondary N) is 1. The molecule has 0 spiro atoms. The number of likely N-dealkylation sites (N-methyl/N-ethyl adjacent to an activating group) is 2. The van der Waals surface area contributed by atoms with Crippen molar-refractivity contribution in [1.29, 1.82) is 0 Å². The van der Waals surface area contributed by atoms with E-state index in [0.717, 1.165) is 37.6 Å². The first kappa shape index (κ1) is 13.5. The van der Waals surface area contributed by atoms with E-state index in [1.54, 1.807) is 0 Å². The molecule has 0 aliphatic carbocycles. The maximum atomic E-state index is 5.59. The van der Waals surface area contributed by atoms with Gasteiger partial charge in [-0.05, 0) is 39.6 Å². The van der Waals surface area contributed by atoms with Crippen LogP contribution in [0.4, 0.5) is 0 Å². The van der Waals surface area contributed by atoms with E-state index in [2.05, 4.69) is 34.4 Å². The van der Waals surface area contributed by atoms with Gasteiger partial charge in [0, 0.05) is 30.9 Å². The third-order valence-electron chi connectivity index (χ3n) is 3.62. The molecule has 1 N–H and O–H groups in total. The third-order valence-corrected chi connectivity index (χ3v) is 3.62. The molecule has 2 heterocycles. The SMILES string of the molecule is CNC1CCOCC1N(C)Cc1cccc(C)n1. The summed E-state index contributed by atoms with van der Waals surface area (Å²) in [5, 5.41) is 3.39. The summed E-state index contributed by atoms with van der Waals surface area (Å²) in [5.41, 5.74) is 2.20. The van der Waals surface area contributed by atoms with Gasteiger partial charge in [0.1, 0.15) is 0 Å². The second-order valence-corrected chi connectivity index (χ2v) is 5.01. The molecule has 2 rings (SSSR count). The van der Waals surface area contributed by atoms with Gasteiger partial charge in [0.05, 0.1) is 12.3 Å². The van der Waals surface area contributed by atoms with Crippen LogP contribution < -0.4 is 5.32 Å². The van der Waals surface area contributed by atoms with Crippen molar-refractivity contribution < 1.29 is 4.74 Å². The van der Waals surface area contributed by atoms with Gasteiger partial charge in [0.25, 0.3) is 0 Å². The second kappa shape index (κ2) is 6.27. The summed E-state index contributed by atoms with van der Waals surface area (Å²) in [4.78, 5) is 6.89. The Kier molecular flexibility index (Phi) is 4.69. The zero-order valence-corrected chi connectivity index (χ0v) is 11.5. The van der Waals surface area contributed by atoms with E-state index in [1.165, 1.54) is 0 Å². The van der Waals surface area contributed by atoms with Gasteiger partial charge in [-0.25, -0.2) is 0 Å². The smallest absolute Gasteiger partial charge is 0.0637 e. The van der Waals surface area contributed by atoms with E-state index < -0.39 is 0 Å². The number of hydrogen-bond acceptors (Lipinski definition) is 4. The Hall–Kier alpha value is -0.970. The van der Waals surface area contributed by atoms with Crippen molar-refractivity contribution in [2.24, 2.45) is 0 Å². The third kappa shape index (κ3) is 3.28. The molecule has 18 heavy (non-hydrogen) atoms. The average molecular weight is 249 g/mol. The van der Waals surface area contributed by atoms with Crippen LogP contribution in [0.25, 0.3) is 0 Å². The molecule has 4 heteroatoms. The fourth-order valence-electron chi connectivity index (χ4n) is 2.55. The number of rotatable bonds is 4. The molecule has 100 valence electrons. The molecule has 2 atom stereocenters. The topological polar surface area (TPSA) is 37.4 Å². The van der Waals surface area contributed by atoms with Crippen molar-refractivity contribution in [2.75, 3.05) is 27.3 Å². The lowest BCUT2D eigenvalue weighted by Crippen LogP contribution is -2.53. The van der Waals surface area contributed by atoms with Crippen molar-refractivity contribution in [3.05, 3.63) is 29.6 Å². The predicted octanol–water partition coefficient (Wildman–Crippen LogP) is 1.20. The largest absolute Gasteiger partial charge is 0.380 e. The Labute approximate surface area is 109 Å². The molecule has 0 bridgehead atoms. The van der Waals surface area contributed by atoms with Crippen LogP contribution in [0.15, 0.2) is 18.2 Å². The van der Waals surface area contributed by atoms with Crippen LogP contribution in [-0.4, -0.2) is 49.3 Å². The fourth-order valence-corrected chi connectivity index (χ4v) is 2.55. The molecule has 1 aliphatic rings. The molecule has 1 aromatic heterocycles. The predicted molar refractivity (Wildman–Crippen MR) is 72.5 cm³/mol. The monoisotopic (exact) mass is 249 g/mol. The van der Waals surface area contributed by atoms with Crippen molar-refractivity contribution >= 4 is 0 Å². The summed E-state index contributed by atoms with van der Waals surface area (Å²) in [6.07, 6.45) is 1.08. The number of aromatic nitrogens is 1. The molecule has 1 aliphatic heterocycles. The maximum Gasteiger partial charge on any atom is 0.0637 e. The number of aryl methyl sites for hydroxylation is 1. The first-order chi connectivity index (χ1) is 8.70. The molecular weight excluding hydrogens is 226 g/mol. The van der Waals surface area contributed by atoms with Gasteiger partial charge in [-0.15, -0.1) is 0 Å². The highest BCUT2D eigenvalue weighted by Crippen LogP contribution is 2.15. The summed E-state index contributed by atoms with van der Waals surface area (Å²) in [5.74, 6) is 0. The van der Waals surface area contributed by atoms with Crippen molar-refractivity contribution in [3.63, 3.8) is 0 Å². The quantitative estimate of drug-likeness (QED) is 0.870. The Morgan fingerprint density at radius 2 is 2.33 bits per heavy atom. The molecular formula is C14H23N3O. The molecule has 0 amide bonds.